The fraction of sp³-hybridized carbons (Fsp3) is 0.700. The molecule has 1 unspecified atom stereocenters. The Balaban J connectivity index is 1.21. The number of likely N-dealkylation sites (tertiary alicyclic amines) is 2. The van der Waals surface area contributed by atoms with Gasteiger partial charge in [0.25, 0.3) is 0 Å². The van der Waals surface area contributed by atoms with Gasteiger partial charge < -0.3 is 14.5 Å². The lowest BCUT2D eigenvalue weighted by Gasteiger charge is -2.49. The van der Waals surface area contributed by atoms with Gasteiger partial charge in [0.1, 0.15) is 0 Å². The van der Waals surface area contributed by atoms with Crippen LogP contribution in [0.4, 0.5) is 0 Å². The van der Waals surface area contributed by atoms with Crippen LogP contribution in [0.3, 0.4) is 0 Å². The molecule has 0 saturated carbocycles. The maximum Gasteiger partial charge on any atom is 0.225 e. The van der Waals surface area contributed by atoms with Crippen LogP contribution in [0.2, 0.25) is 0 Å². The number of hydrogen-bond donors (Lipinski definition) is 0. The second-order valence-corrected chi connectivity index (χ2v) is 9.38. The molecule has 4 heterocycles. The number of hydrogen-bond acceptors (Lipinski definition) is 5. The molecule has 1 amide bonds. The van der Waals surface area contributed by atoms with Crippen molar-refractivity contribution in [2.24, 2.45) is 5.92 Å². The first-order chi connectivity index (χ1) is 12.7. The van der Waals surface area contributed by atoms with E-state index in [1.165, 1.54) is 0 Å². The lowest BCUT2D eigenvalue weighted by atomic mass is 9.88. The summed E-state index contributed by atoms with van der Waals surface area (Å²) < 4.78 is 6.34. The third kappa shape index (κ3) is 3.92. The summed E-state index contributed by atoms with van der Waals surface area (Å²) in [6.07, 6.45) is 7.07. The predicted octanol–water partition coefficient (Wildman–Crippen LogP) is 2.42. The minimum Gasteiger partial charge on any atom is -0.373 e. The van der Waals surface area contributed by atoms with Gasteiger partial charge in [-0.05, 0) is 50.5 Å². The van der Waals surface area contributed by atoms with Gasteiger partial charge in [0.15, 0.2) is 0 Å². The van der Waals surface area contributed by atoms with Crippen LogP contribution < -0.4 is 0 Å². The van der Waals surface area contributed by atoms with Gasteiger partial charge in [-0.1, -0.05) is 13.0 Å². The van der Waals surface area contributed by atoms with Crippen molar-refractivity contribution < 1.29 is 9.53 Å². The van der Waals surface area contributed by atoms with Crippen LogP contribution in [0.25, 0.3) is 0 Å². The number of aromatic nitrogens is 1. The van der Waals surface area contributed by atoms with Crippen molar-refractivity contribution in [2.75, 3.05) is 38.5 Å². The lowest BCUT2D eigenvalue weighted by molar-refractivity contribution is -0.142. The molecule has 1 atom stereocenters. The highest BCUT2D eigenvalue weighted by Gasteiger charge is 2.51. The molecular formula is C20H29N3O2S. The summed E-state index contributed by atoms with van der Waals surface area (Å²) >= 11 is 2.00. The van der Waals surface area contributed by atoms with Crippen molar-refractivity contribution >= 4 is 17.7 Å². The number of thioether (sulfide) groups is 1. The minimum atomic E-state index is 0.249. The summed E-state index contributed by atoms with van der Waals surface area (Å²) in [5.41, 5.74) is 1.13. The first-order valence-corrected chi connectivity index (χ1v) is 10.8. The minimum absolute atomic E-state index is 0.249. The molecule has 6 heteroatoms. The molecule has 0 bridgehead atoms. The maximum absolute atomic E-state index is 12.8. The Labute approximate surface area is 160 Å². The fourth-order valence-electron chi connectivity index (χ4n) is 4.39. The number of ether oxygens (including phenoxy) is 1. The van der Waals surface area contributed by atoms with E-state index in [2.05, 4.69) is 27.8 Å². The normalized spacial score (nSPS) is 26.2. The molecule has 0 N–H and O–H groups in total. The molecule has 26 heavy (non-hydrogen) atoms. The third-order valence-electron chi connectivity index (χ3n) is 6.04. The molecule has 1 aromatic rings. The van der Waals surface area contributed by atoms with E-state index in [0.29, 0.717) is 18.6 Å². The standard InChI is InChI=1S/C20H29N3O2S/c1-2-22-8-5-17(6-9-22)19(24)23-14-20(15-23)10-18(13-26-20)25-12-16-4-3-7-21-11-16/h3-4,7,11,17-18H,2,5-6,8-10,12-15H2,1H3. The van der Waals surface area contributed by atoms with Crippen molar-refractivity contribution in [3.05, 3.63) is 30.1 Å². The van der Waals surface area contributed by atoms with Crippen molar-refractivity contribution in [2.45, 2.75) is 43.6 Å². The number of pyridine rings is 1. The van der Waals surface area contributed by atoms with Gasteiger partial charge >= 0.3 is 0 Å². The molecule has 4 rings (SSSR count). The molecule has 3 fully saturated rings. The van der Waals surface area contributed by atoms with E-state index in [1.807, 2.05) is 24.0 Å². The highest BCUT2D eigenvalue weighted by molar-refractivity contribution is 8.01. The highest BCUT2D eigenvalue weighted by atomic mass is 32.2. The second kappa shape index (κ2) is 7.87. The predicted molar refractivity (Wildman–Crippen MR) is 104 cm³/mol. The summed E-state index contributed by atoms with van der Waals surface area (Å²) in [5, 5.41) is 0. The smallest absolute Gasteiger partial charge is 0.225 e. The second-order valence-electron chi connectivity index (χ2n) is 7.90. The highest BCUT2D eigenvalue weighted by Crippen LogP contribution is 2.46. The maximum atomic E-state index is 12.8. The van der Waals surface area contributed by atoms with E-state index < -0.39 is 0 Å². The van der Waals surface area contributed by atoms with Crippen LogP contribution >= 0.6 is 11.8 Å². The molecule has 3 saturated heterocycles. The Morgan fingerprint density at radius 2 is 2.19 bits per heavy atom. The molecular weight excluding hydrogens is 346 g/mol. The SMILES string of the molecule is CCN1CCC(C(=O)N2CC3(CC(OCc4cccnc4)CS3)C2)CC1. The van der Waals surface area contributed by atoms with Gasteiger partial charge in [-0.2, -0.15) is 0 Å². The van der Waals surface area contributed by atoms with E-state index >= 15 is 0 Å². The van der Waals surface area contributed by atoms with Crippen molar-refractivity contribution in [1.29, 1.82) is 0 Å². The summed E-state index contributed by atoms with van der Waals surface area (Å²) in [6, 6.07) is 4.00. The van der Waals surface area contributed by atoms with Crippen molar-refractivity contribution in [1.82, 2.24) is 14.8 Å². The Kier molecular flexibility index (Phi) is 5.53. The van der Waals surface area contributed by atoms with Gasteiger partial charge in [-0.3, -0.25) is 9.78 Å². The zero-order valence-corrected chi connectivity index (χ0v) is 16.4. The number of amides is 1. The van der Waals surface area contributed by atoms with E-state index in [9.17, 15) is 4.79 Å². The summed E-state index contributed by atoms with van der Waals surface area (Å²) in [4.78, 5) is 21.4. The zero-order chi connectivity index (χ0) is 18.0. The molecule has 0 aromatic carbocycles. The Morgan fingerprint density at radius 1 is 1.38 bits per heavy atom. The largest absolute Gasteiger partial charge is 0.373 e. The first kappa shape index (κ1) is 18.3. The molecule has 1 spiro atoms. The van der Waals surface area contributed by atoms with Gasteiger partial charge in [-0.15, -0.1) is 11.8 Å². The molecule has 3 aliphatic heterocycles. The van der Waals surface area contributed by atoms with Crippen LogP contribution in [-0.4, -0.2) is 70.0 Å². The first-order valence-electron chi connectivity index (χ1n) is 9.83. The number of rotatable bonds is 5. The third-order valence-corrected chi connectivity index (χ3v) is 7.61. The molecule has 0 radical (unpaired) electrons. The number of nitrogens with zero attached hydrogens (tertiary/aromatic N) is 3. The lowest BCUT2D eigenvalue weighted by Crippen LogP contribution is -2.62. The van der Waals surface area contributed by atoms with E-state index in [-0.39, 0.29) is 10.7 Å². The van der Waals surface area contributed by atoms with Crippen LogP contribution in [0.15, 0.2) is 24.5 Å². The quantitative estimate of drug-likeness (QED) is 0.791. The Morgan fingerprint density at radius 3 is 2.88 bits per heavy atom. The van der Waals surface area contributed by atoms with E-state index in [0.717, 1.165) is 63.3 Å². The summed E-state index contributed by atoms with van der Waals surface area (Å²) in [7, 11) is 0. The fourth-order valence-corrected chi connectivity index (χ4v) is 5.94. The molecule has 0 aliphatic carbocycles. The van der Waals surface area contributed by atoms with Crippen LogP contribution in [0, 0.1) is 5.92 Å². The molecule has 3 aliphatic rings. The van der Waals surface area contributed by atoms with Crippen LogP contribution in [0.1, 0.15) is 31.7 Å². The van der Waals surface area contributed by atoms with Crippen LogP contribution in [0.5, 0.6) is 0 Å². The average Bonchev–Trinajstić information content (AvgIpc) is 3.10. The van der Waals surface area contributed by atoms with Gasteiger partial charge in [0.2, 0.25) is 5.91 Å². The monoisotopic (exact) mass is 375 g/mol. The van der Waals surface area contributed by atoms with Crippen molar-refractivity contribution in [3.8, 4) is 0 Å². The van der Waals surface area contributed by atoms with Gasteiger partial charge in [0, 0.05) is 37.2 Å². The number of carbonyl (C=O) groups is 1. The molecule has 1 aromatic heterocycles. The summed E-state index contributed by atoms with van der Waals surface area (Å²) in [6.45, 7) is 7.91. The average molecular weight is 376 g/mol. The van der Waals surface area contributed by atoms with Gasteiger partial charge in [-0.25, -0.2) is 0 Å². The van der Waals surface area contributed by atoms with Gasteiger partial charge in [0.05, 0.1) is 17.5 Å². The zero-order valence-electron chi connectivity index (χ0n) is 15.6. The Bertz CT molecular complexity index is 613. The Hall–Kier alpha value is -1.11. The summed E-state index contributed by atoms with van der Waals surface area (Å²) in [5.74, 6) is 1.68. The van der Waals surface area contributed by atoms with E-state index in [1.54, 1.807) is 6.20 Å². The topological polar surface area (TPSA) is 45.7 Å². The van der Waals surface area contributed by atoms with Crippen molar-refractivity contribution in [3.63, 3.8) is 0 Å². The van der Waals surface area contributed by atoms with Crippen LogP contribution in [-0.2, 0) is 16.1 Å². The molecule has 142 valence electrons. The van der Waals surface area contributed by atoms with E-state index in [4.69, 9.17) is 4.74 Å². The molecule has 5 nitrogen and oxygen atoms in total. The number of piperidine rings is 1. The number of carbonyl (C=O) groups excluding carboxylic acids is 1.